The van der Waals surface area contributed by atoms with Crippen LogP contribution in [-0.4, -0.2) is 34.4 Å². The number of carbonyl (C=O) groups is 3. The van der Waals surface area contributed by atoms with Crippen LogP contribution in [0.3, 0.4) is 0 Å². The summed E-state index contributed by atoms with van der Waals surface area (Å²) in [6.45, 7) is 5.36. The van der Waals surface area contributed by atoms with Crippen molar-refractivity contribution >= 4 is 63.1 Å². The Morgan fingerprint density at radius 2 is 1.83 bits per heavy atom. The third-order valence-corrected chi connectivity index (χ3v) is 7.18. The lowest BCUT2D eigenvalue weighted by molar-refractivity contribution is -0.132. The van der Waals surface area contributed by atoms with Crippen molar-refractivity contribution in [3.05, 3.63) is 85.3 Å². The van der Waals surface area contributed by atoms with Crippen LogP contribution in [0.25, 0.3) is 5.76 Å². The first-order chi connectivity index (χ1) is 16.6. The number of aliphatic hydroxyl groups is 1. The average Bonchev–Trinajstić information content (AvgIpc) is 3.31. The quantitative estimate of drug-likeness (QED) is 0.192. The number of aromatic nitrogens is 1. The topological polar surface area (TPSA) is 96.8 Å². The van der Waals surface area contributed by atoms with Crippen molar-refractivity contribution in [2.45, 2.75) is 26.8 Å². The van der Waals surface area contributed by atoms with Gasteiger partial charge in [0.2, 0.25) is 0 Å². The summed E-state index contributed by atoms with van der Waals surface area (Å²) in [6, 6.07) is 10.4. The number of ketones is 1. The molecule has 3 aromatic rings. The Morgan fingerprint density at radius 1 is 1.14 bits per heavy atom. The van der Waals surface area contributed by atoms with Gasteiger partial charge < -0.3 is 9.84 Å². The molecular formula is C25H20Cl2N2O5S. The number of aliphatic hydroxyl groups excluding tert-OH is 1. The Labute approximate surface area is 215 Å². The molecule has 0 aliphatic carbocycles. The highest BCUT2D eigenvalue weighted by Gasteiger charge is 2.49. The molecule has 7 nitrogen and oxygen atoms in total. The van der Waals surface area contributed by atoms with Gasteiger partial charge in [-0.3, -0.25) is 14.5 Å². The van der Waals surface area contributed by atoms with E-state index in [0.29, 0.717) is 21.8 Å². The van der Waals surface area contributed by atoms with Crippen LogP contribution in [0.15, 0.2) is 48.0 Å². The third kappa shape index (κ3) is 4.57. The zero-order valence-electron chi connectivity index (χ0n) is 19.0. The highest BCUT2D eigenvalue weighted by molar-refractivity contribution is 7.17. The molecule has 1 atom stereocenters. The van der Waals surface area contributed by atoms with Gasteiger partial charge in [0.05, 0.1) is 23.9 Å². The Bertz CT molecular complexity index is 1380. The van der Waals surface area contributed by atoms with Crippen LogP contribution in [0.4, 0.5) is 5.13 Å². The SMILES string of the molecule is CCOC(=O)c1sc(N2C(=O)C(=O)/C(=C(/O)c3ccc(C)cc3)C2c2ccc(Cl)cc2Cl)nc1C. The smallest absolute Gasteiger partial charge is 0.350 e. The monoisotopic (exact) mass is 530 g/mol. The van der Waals surface area contributed by atoms with Crippen LogP contribution in [0.5, 0.6) is 0 Å². The Morgan fingerprint density at radius 3 is 2.46 bits per heavy atom. The van der Waals surface area contributed by atoms with Crippen LogP contribution >= 0.6 is 34.5 Å². The molecule has 1 fully saturated rings. The lowest BCUT2D eigenvalue weighted by Gasteiger charge is -2.24. The zero-order chi connectivity index (χ0) is 25.4. The average molecular weight is 531 g/mol. The number of ether oxygens (including phenoxy) is 1. The molecule has 2 aromatic carbocycles. The van der Waals surface area contributed by atoms with E-state index in [1.165, 1.54) is 6.07 Å². The van der Waals surface area contributed by atoms with Crippen LogP contribution in [0, 0.1) is 13.8 Å². The van der Waals surface area contributed by atoms with E-state index in [1.54, 1.807) is 50.2 Å². The summed E-state index contributed by atoms with van der Waals surface area (Å²) < 4.78 is 5.08. The molecular weight excluding hydrogens is 511 g/mol. The lowest BCUT2D eigenvalue weighted by atomic mass is 9.95. The molecule has 0 saturated carbocycles. The highest BCUT2D eigenvalue weighted by Crippen LogP contribution is 2.46. The molecule has 35 heavy (non-hydrogen) atoms. The maximum Gasteiger partial charge on any atom is 0.350 e. The molecule has 1 aliphatic heterocycles. The number of halogens is 2. The molecule has 1 N–H and O–H groups in total. The predicted octanol–water partition coefficient (Wildman–Crippen LogP) is 5.87. The number of benzene rings is 2. The van der Waals surface area contributed by atoms with E-state index in [1.807, 2.05) is 6.92 Å². The van der Waals surface area contributed by atoms with Crippen molar-refractivity contribution in [3.63, 3.8) is 0 Å². The fourth-order valence-electron chi connectivity index (χ4n) is 3.79. The van der Waals surface area contributed by atoms with Gasteiger partial charge in [-0.05, 0) is 38.5 Å². The Hall–Kier alpha value is -3.20. The summed E-state index contributed by atoms with van der Waals surface area (Å²) in [5, 5.41) is 11.8. The number of hydrogen-bond donors (Lipinski definition) is 1. The first-order valence-electron chi connectivity index (χ1n) is 10.6. The van der Waals surface area contributed by atoms with Crippen molar-refractivity contribution in [1.82, 2.24) is 4.98 Å². The number of rotatable bonds is 5. The van der Waals surface area contributed by atoms with Crippen molar-refractivity contribution in [2.24, 2.45) is 0 Å². The second-order valence-electron chi connectivity index (χ2n) is 7.83. The minimum absolute atomic E-state index is 0.103. The maximum absolute atomic E-state index is 13.3. The molecule has 1 aliphatic rings. The van der Waals surface area contributed by atoms with E-state index < -0.39 is 23.7 Å². The zero-order valence-corrected chi connectivity index (χ0v) is 21.3. The molecule has 1 amide bonds. The van der Waals surface area contributed by atoms with Gasteiger partial charge >= 0.3 is 11.9 Å². The van der Waals surface area contributed by atoms with E-state index in [4.69, 9.17) is 27.9 Å². The third-order valence-electron chi connectivity index (χ3n) is 5.48. The lowest BCUT2D eigenvalue weighted by Crippen LogP contribution is -2.29. The summed E-state index contributed by atoms with van der Waals surface area (Å²) in [4.78, 5) is 44.7. The van der Waals surface area contributed by atoms with Crippen LogP contribution in [0.2, 0.25) is 10.0 Å². The summed E-state index contributed by atoms with van der Waals surface area (Å²) in [6.07, 6.45) is 0. The van der Waals surface area contributed by atoms with E-state index in [-0.39, 0.29) is 33.0 Å². The second-order valence-corrected chi connectivity index (χ2v) is 9.65. The number of thiazole rings is 1. The molecule has 180 valence electrons. The molecule has 2 heterocycles. The maximum atomic E-state index is 13.3. The number of nitrogens with zero attached hydrogens (tertiary/aromatic N) is 2. The van der Waals surface area contributed by atoms with Gasteiger partial charge in [-0.2, -0.15) is 0 Å². The van der Waals surface area contributed by atoms with Crippen LogP contribution in [-0.2, 0) is 14.3 Å². The number of amides is 1. The van der Waals surface area contributed by atoms with Gasteiger partial charge in [-0.25, -0.2) is 9.78 Å². The molecule has 4 rings (SSSR count). The predicted molar refractivity (Wildman–Crippen MR) is 135 cm³/mol. The molecule has 0 radical (unpaired) electrons. The van der Waals surface area contributed by atoms with Gasteiger partial charge in [0.1, 0.15) is 10.6 Å². The number of anilines is 1. The van der Waals surface area contributed by atoms with Crippen LogP contribution in [0.1, 0.15) is 45.0 Å². The highest BCUT2D eigenvalue weighted by atomic mass is 35.5. The normalized spacial score (nSPS) is 17.2. The fraction of sp³-hybridized carbons (Fsp3) is 0.200. The summed E-state index contributed by atoms with van der Waals surface area (Å²) in [5.41, 5.74) is 1.91. The van der Waals surface area contributed by atoms with Gasteiger partial charge in [-0.15, -0.1) is 0 Å². The second kappa shape index (κ2) is 9.81. The van der Waals surface area contributed by atoms with Gasteiger partial charge in [0.25, 0.3) is 5.78 Å². The number of Topliss-reactive ketones (excluding diaryl/α,β-unsaturated/α-hetero) is 1. The van der Waals surface area contributed by atoms with Crippen molar-refractivity contribution in [3.8, 4) is 0 Å². The summed E-state index contributed by atoms with van der Waals surface area (Å²) in [5.74, 6) is -2.73. The van der Waals surface area contributed by atoms with Crippen molar-refractivity contribution in [2.75, 3.05) is 11.5 Å². The molecule has 0 bridgehead atoms. The molecule has 1 aromatic heterocycles. The standard InChI is InChI=1S/C25H20Cl2N2O5S/c1-4-34-24(33)22-13(3)28-25(35-22)29-19(16-10-9-15(26)11-17(16)27)18(21(31)23(29)32)20(30)14-7-5-12(2)6-8-14/h5-11,19,30H,4H2,1-3H3/b20-18+. The minimum Gasteiger partial charge on any atom is -0.507 e. The number of hydrogen-bond acceptors (Lipinski definition) is 7. The first-order valence-corrected chi connectivity index (χ1v) is 12.2. The first kappa shape index (κ1) is 24.9. The molecule has 1 saturated heterocycles. The minimum atomic E-state index is -1.10. The molecule has 10 heteroatoms. The fourth-order valence-corrected chi connectivity index (χ4v) is 5.28. The van der Waals surface area contributed by atoms with Crippen molar-refractivity contribution < 1.29 is 24.2 Å². The number of carbonyl (C=O) groups excluding carboxylic acids is 3. The Kier molecular flexibility index (Phi) is 6.98. The Balaban J connectivity index is 1.94. The van der Waals surface area contributed by atoms with Gasteiger partial charge in [0, 0.05) is 15.6 Å². The van der Waals surface area contributed by atoms with E-state index in [0.717, 1.165) is 21.8 Å². The van der Waals surface area contributed by atoms with E-state index in [2.05, 4.69) is 4.98 Å². The summed E-state index contributed by atoms with van der Waals surface area (Å²) >= 11 is 13.5. The van der Waals surface area contributed by atoms with E-state index in [9.17, 15) is 19.5 Å². The molecule has 0 spiro atoms. The van der Waals surface area contributed by atoms with E-state index >= 15 is 0 Å². The number of aryl methyl sites for hydroxylation is 2. The number of esters is 1. The molecule has 1 unspecified atom stereocenters. The van der Waals surface area contributed by atoms with Crippen LogP contribution < -0.4 is 4.90 Å². The van der Waals surface area contributed by atoms with Crippen molar-refractivity contribution in [1.29, 1.82) is 0 Å². The van der Waals surface area contributed by atoms with Gasteiger partial charge in [0.15, 0.2) is 5.13 Å². The van der Waals surface area contributed by atoms with Gasteiger partial charge in [-0.1, -0.05) is 70.4 Å². The largest absolute Gasteiger partial charge is 0.507 e. The summed E-state index contributed by atoms with van der Waals surface area (Å²) in [7, 11) is 0.